The molecule has 0 aliphatic rings. The van der Waals surface area contributed by atoms with Crippen LogP contribution in [0.15, 0.2) is 29.2 Å². The number of hydrogen-bond donors (Lipinski definition) is 2. The Bertz CT molecular complexity index is 566. The van der Waals surface area contributed by atoms with Gasteiger partial charge in [-0.05, 0) is 31.2 Å². The maximum atomic E-state index is 12.3. The molecule has 118 valence electrons. The van der Waals surface area contributed by atoms with E-state index in [4.69, 9.17) is 5.73 Å². The number of rotatable bonds is 7. The first-order chi connectivity index (χ1) is 9.86. The topological polar surface area (TPSA) is 92.5 Å². The lowest BCUT2D eigenvalue weighted by atomic mass is 10.2. The van der Waals surface area contributed by atoms with Gasteiger partial charge < -0.3 is 11.1 Å². The van der Waals surface area contributed by atoms with Crippen molar-refractivity contribution in [2.24, 2.45) is 5.73 Å². The molecule has 0 saturated heterocycles. The molecule has 1 amide bonds. The van der Waals surface area contributed by atoms with Crippen molar-refractivity contribution < 1.29 is 13.2 Å². The Kier molecular flexibility index (Phi) is 6.32. The second-order valence-corrected chi connectivity index (χ2v) is 6.66. The number of carbonyl (C=O) groups is 1. The van der Waals surface area contributed by atoms with E-state index in [1.165, 1.54) is 28.6 Å². The van der Waals surface area contributed by atoms with Crippen LogP contribution < -0.4 is 11.1 Å². The fraction of sp³-hybridized carbons (Fsp3) is 0.500. The average Bonchev–Trinajstić information content (AvgIpc) is 2.48. The van der Waals surface area contributed by atoms with Gasteiger partial charge in [0.15, 0.2) is 0 Å². The molecule has 21 heavy (non-hydrogen) atoms. The quantitative estimate of drug-likeness (QED) is 0.778. The number of carbonyl (C=O) groups excluding carboxylic acids is 1. The van der Waals surface area contributed by atoms with Gasteiger partial charge in [0.25, 0.3) is 5.91 Å². The van der Waals surface area contributed by atoms with Crippen molar-refractivity contribution in [2.45, 2.75) is 31.7 Å². The molecular weight excluding hydrogens is 290 g/mol. The number of hydrogen-bond acceptors (Lipinski definition) is 4. The van der Waals surface area contributed by atoms with E-state index < -0.39 is 10.0 Å². The van der Waals surface area contributed by atoms with Gasteiger partial charge in [-0.15, -0.1) is 0 Å². The van der Waals surface area contributed by atoms with Crippen molar-refractivity contribution in [2.75, 3.05) is 19.6 Å². The van der Waals surface area contributed by atoms with Crippen LogP contribution >= 0.6 is 0 Å². The molecule has 7 heteroatoms. The standard InChI is InChI=1S/C14H23N3O3S/c1-4-17(5-2)21(19,20)13-8-6-12(7-9-13)14(18)16-11(3)10-15/h6-9,11H,4-5,10,15H2,1-3H3,(H,16,18)/t11-/m0/s1. The number of nitrogens with two attached hydrogens (primary N) is 1. The summed E-state index contributed by atoms with van der Waals surface area (Å²) in [6, 6.07) is 5.80. The molecule has 1 aromatic carbocycles. The Labute approximate surface area is 126 Å². The number of nitrogens with zero attached hydrogens (tertiary/aromatic N) is 1. The molecule has 0 heterocycles. The number of amides is 1. The molecule has 1 atom stereocenters. The Morgan fingerprint density at radius 3 is 2.19 bits per heavy atom. The van der Waals surface area contributed by atoms with Gasteiger partial charge in [-0.3, -0.25) is 4.79 Å². The smallest absolute Gasteiger partial charge is 0.251 e. The first-order valence-corrected chi connectivity index (χ1v) is 8.41. The summed E-state index contributed by atoms with van der Waals surface area (Å²) in [5.74, 6) is -0.264. The minimum absolute atomic E-state index is 0.128. The van der Waals surface area contributed by atoms with Gasteiger partial charge in [0, 0.05) is 31.2 Å². The third-order valence-corrected chi connectivity index (χ3v) is 5.25. The van der Waals surface area contributed by atoms with Gasteiger partial charge in [-0.25, -0.2) is 8.42 Å². The van der Waals surface area contributed by atoms with Crippen LogP contribution in [-0.4, -0.2) is 44.3 Å². The van der Waals surface area contributed by atoms with E-state index in [-0.39, 0.29) is 16.8 Å². The van der Waals surface area contributed by atoms with E-state index in [1.54, 1.807) is 20.8 Å². The lowest BCUT2D eigenvalue weighted by Crippen LogP contribution is -2.37. The van der Waals surface area contributed by atoms with Gasteiger partial charge in [-0.1, -0.05) is 13.8 Å². The van der Waals surface area contributed by atoms with Crippen LogP contribution in [0.5, 0.6) is 0 Å². The molecular formula is C14H23N3O3S. The van der Waals surface area contributed by atoms with Crippen LogP contribution in [0, 0.1) is 0 Å². The Morgan fingerprint density at radius 2 is 1.76 bits per heavy atom. The second-order valence-electron chi connectivity index (χ2n) is 4.72. The summed E-state index contributed by atoms with van der Waals surface area (Å²) in [4.78, 5) is 12.1. The largest absolute Gasteiger partial charge is 0.348 e. The zero-order valence-electron chi connectivity index (χ0n) is 12.7. The van der Waals surface area contributed by atoms with Gasteiger partial charge in [0.05, 0.1) is 4.90 Å². The number of nitrogens with one attached hydrogen (secondary N) is 1. The van der Waals surface area contributed by atoms with Crippen LogP contribution in [0.4, 0.5) is 0 Å². The van der Waals surface area contributed by atoms with E-state index in [2.05, 4.69) is 5.32 Å². The van der Waals surface area contributed by atoms with Crippen LogP contribution in [-0.2, 0) is 10.0 Å². The normalized spacial score (nSPS) is 13.2. The van der Waals surface area contributed by atoms with Crippen LogP contribution in [0.2, 0.25) is 0 Å². The second kappa shape index (κ2) is 7.53. The van der Waals surface area contributed by atoms with Crippen LogP contribution in [0.25, 0.3) is 0 Å². The summed E-state index contributed by atoms with van der Waals surface area (Å²) in [6.07, 6.45) is 0. The molecule has 3 N–H and O–H groups in total. The van der Waals surface area contributed by atoms with E-state index in [9.17, 15) is 13.2 Å². The third kappa shape index (κ3) is 4.26. The van der Waals surface area contributed by atoms with Crippen LogP contribution in [0.1, 0.15) is 31.1 Å². The first-order valence-electron chi connectivity index (χ1n) is 6.97. The lowest BCUT2D eigenvalue weighted by Gasteiger charge is -2.18. The molecule has 0 fully saturated rings. The highest BCUT2D eigenvalue weighted by Gasteiger charge is 2.21. The summed E-state index contributed by atoms with van der Waals surface area (Å²) in [7, 11) is -3.49. The zero-order chi connectivity index (χ0) is 16.0. The molecule has 0 saturated carbocycles. The van der Waals surface area contributed by atoms with Crippen molar-refractivity contribution in [3.8, 4) is 0 Å². The maximum Gasteiger partial charge on any atom is 0.251 e. The van der Waals surface area contributed by atoms with Crippen LogP contribution in [0.3, 0.4) is 0 Å². The summed E-state index contributed by atoms with van der Waals surface area (Å²) in [6.45, 7) is 6.55. The highest BCUT2D eigenvalue weighted by Crippen LogP contribution is 2.16. The van der Waals surface area contributed by atoms with Crippen molar-refractivity contribution >= 4 is 15.9 Å². The van der Waals surface area contributed by atoms with Crippen molar-refractivity contribution in [1.82, 2.24) is 9.62 Å². The molecule has 0 aliphatic carbocycles. The SMILES string of the molecule is CCN(CC)S(=O)(=O)c1ccc(C(=O)N[C@@H](C)CN)cc1. The van der Waals surface area contributed by atoms with Crippen molar-refractivity contribution in [1.29, 1.82) is 0 Å². The monoisotopic (exact) mass is 313 g/mol. The highest BCUT2D eigenvalue weighted by molar-refractivity contribution is 7.89. The van der Waals surface area contributed by atoms with Crippen molar-refractivity contribution in [3.05, 3.63) is 29.8 Å². The average molecular weight is 313 g/mol. The first kappa shape index (κ1) is 17.6. The molecule has 0 spiro atoms. The summed E-state index contributed by atoms with van der Waals surface area (Å²) >= 11 is 0. The predicted molar refractivity (Wildman–Crippen MR) is 82.5 cm³/mol. The lowest BCUT2D eigenvalue weighted by molar-refractivity contribution is 0.0941. The van der Waals surface area contributed by atoms with E-state index in [0.717, 1.165) is 0 Å². The third-order valence-electron chi connectivity index (χ3n) is 3.19. The van der Waals surface area contributed by atoms with Gasteiger partial charge in [-0.2, -0.15) is 4.31 Å². The van der Waals surface area contributed by atoms with Crippen molar-refractivity contribution in [3.63, 3.8) is 0 Å². The molecule has 0 unspecified atom stereocenters. The van der Waals surface area contributed by atoms with Gasteiger partial charge in [0.2, 0.25) is 10.0 Å². The summed E-state index contributed by atoms with van der Waals surface area (Å²) in [5.41, 5.74) is 5.85. The maximum absolute atomic E-state index is 12.3. The molecule has 0 radical (unpaired) electrons. The molecule has 0 bridgehead atoms. The van der Waals surface area contributed by atoms with Gasteiger partial charge >= 0.3 is 0 Å². The Morgan fingerprint density at radius 1 is 1.24 bits per heavy atom. The minimum Gasteiger partial charge on any atom is -0.348 e. The molecule has 0 aliphatic heterocycles. The predicted octanol–water partition coefficient (Wildman–Crippen LogP) is 0.794. The van der Waals surface area contributed by atoms with Gasteiger partial charge in [0.1, 0.15) is 0 Å². The Hall–Kier alpha value is -1.44. The fourth-order valence-corrected chi connectivity index (χ4v) is 3.31. The van der Waals surface area contributed by atoms with E-state index in [0.29, 0.717) is 25.2 Å². The Balaban J connectivity index is 2.95. The molecule has 1 rings (SSSR count). The molecule has 0 aromatic heterocycles. The molecule has 6 nitrogen and oxygen atoms in total. The fourth-order valence-electron chi connectivity index (χ4n) is 1.86. The summed E-state index contributed by atoms with van der Waals surface area (Å²) < 4.78 is 26.0. The zero-order valence-corrected chi connectivity index (χ0v) is 13.5. The highest BCUT2D eigenvalue weighted by atomic mass is 32.2. The van der Waals surface area contributed by atoms with E-state index in [1.807, 2.05) is 0 Å². The minimum atomic E-state index is -3.49. The van der Waals surface area contributed by atoms with E-state index >= 15 is 0 Å². The number of benzene rings is 1. The number of sulfonamides is 1. The molecule has 1 aromatic rings. The summed E-state index contributed by atoms with van der Waals surface area (Å²) in [5, 5.41) is 2.73.